The predicted molar refractivity (Wildman–Crippen MR) is 221 cm³/mol. The van der Waals surface area contributed by atoms with Crippen molar-refractivity contribution in [1.82, 2.24) is 0 Å². The van der Waals surface area contributed by atoms with Crippen molar-refractivity contribution < 1.29 is 48.1 Å². The normalized spacial score (nSPS) is 10.2. The molecule has 4 heteroatoms. The van der Waals surface area contributed by atoms with E-state index in [0.29, 0.717) is 0 Å². The van der Waals surface area contributed by atoms with Gasteiger partial charge in [-0.25, -0.2) is 0 Å². The number of hydrogen-bond donors (Lipinski definition) is 0. The Balaban J connectivity index is 0.000000187. The number of hydrogen-bond acceptors (Lipinski definition) is 0. The summed E-state index contributed by atoms with van der Waals surface area (Å²) in [5.74, 6) is 0. The van der Waals surface area contributed by atoms with Gasteiger partial charge >= 0.3 is 30.2 Å². The summed E-state index contributed by atoms with van der Waals surface area (Å²) < 4.78 is 0. The fourth-order valence-electron chi connectivity index (χ4n) is 7.26. The molecule has 0 amide bonds. The second-order valence-electron chi connectivity index (χ2n) is 13.0. The van der Waals surface area contributed by atoms with E-state index in [0.717, 1.165) is 5.56 Å². The second-order valence-corrected chi connectivity index (χ2v) is 13.0. The maximum atomic E-state index is 3.72. The molecular weight excluding hydrogens is 779 g/mol. The molecule has 0 aliphatic carbocycles. The van der Waals surface area contributed by atoms with Gasteiger partial charge in [-0.3, -0.25) is 0 Å². The molecule has 9 aromatic carbocycles. The number of rotatable bonds is 2. The molecule has 0 aliphatic heterocycles. The van der Waals surface area contributed by atoms with Crippen LogP contribution in [0.25, 0.3) is 65.3 Å². The predicted octanol–water partition coefficient (Wildman–Crippen LogP) is 7.48. The van der Waals surface area contributed by atoms with Crippen LogP contribution in [0.2, 0.25) is 0 Å². The number of halogens is 2. The fraction of sp³-hybridized carbons (Fsp3) is 0.0816. The average molecular weight is 820 g/mol. The molecule has 0 aliphatic rings. The van der Waals surface area contributed by atoms with Gasteiger partial charge in [0, 0.05) is 0 Å². The van der Waals surface area contributed by atoms with E-state index in [4.69, 9.17) is 0 Å². The van der Waals surface area contributed by atoms with Gasteiger partial charge in [0.05, 0.1) is 0 Å². The molecule has 0 spiro atoms. The topological polar surface area (TPSA) is 0 Å². The van der Waals surface area contributed by atoms with Crippen molar-refractivity contribution in [3.05, 3.63) is 199 Å². The van der Waals surface area contributed by atoms with Crippen LogP contribution in [-0.2, 0) is 23.3 Å². The molecule has 0 unspecified atom stereocenters. The van der Waals surface area contributed by atoms with Crippen LogP contribution < -0.4 is 24.8 Å². The Labute approximate surface area is 344 Å². The van der Waals surface area contributed by atoms with Crippen molar-refractivity contribution in [2.24, 2.45) is 0 Å². The minimum absolute atomic E-state index is 0. The molecule has 0 heterocycles. The molecule has 0 nitrogen and oxygen atoms in total. The summed E-state index contributed by atoms with van der Waals surface area (Å²) >= 11 is 1.36. The zero-order chi connectivity index (χ0) is 35.9. The number of aryl methyl sites for hydroxylation is 4. The molecule has 53 heavy (non-hydrogen) atoms. The van der Waals surface area contributed by atoms with Gasteiger partial charge in [0.1, 0.15) is 0 Å². The zero-order valence-corrected chi connectivity index (χ0v) is 35.5. The van der Waals surface area contributed by atoms with Crippen molar-refractivity contribution in [3.8, 4) is 22.3 Å². The van der Waals surface area contributed by atoms with Gasteiger partial charge in [-0.1, -0.05) is 142 Å². The third-order valence-electron chi connectivity index (χ3n) is 9.66. The van der Waals surface area contributed by atoms with Crippen molar-refractivity contribution in [2.75, 3.05) is 0 Å². The van der Waals surface area contributed by atoms with Crippen LogP contribution in [0.15, 0.2) is 164 Å². The molecule has 2 radical (unpaired) electrons. The summed E-state index contributed by atoms with van der Waals surface area (Å²) in [6, 6.07) is 58.1. The molecule has 0 aromatic heterocycles. The van der Waals surface area contributed by atoms with Gasteiger partial charge in [0.2, 0.25) is 0 Å². The van der Waals surface area contributed by atoms with Crippen LogP contribution in [0.1, 0.15) is 27.8 Å². The van der Waals surface area contributed by atoms with E-state index < -0.39 is 0 Å². The number of fused-ring (bicyclic) bond motifs is 4. The number of benzene rings is 7. The first-order valence-electron chi connectivity index (χ1n) is 17.3. The SMILES string of the molecule is Cc1[cH-]c2c(C)cccc2c1-c1cccc2ccccc12.Cc1[cH-]c2c(C)cccc2c1-c1cccc2ccccc12.[CH2-]c1ccccc1.[Cl-].[Cl-].[Si]=[Zr+2]. The van der Waals surface area contributed by atoms with Crippen LogP contribution in [0.4, 0.5) is 0 Å². The molecule has 0 N–H and O–H groups in total. The molecule has 9 aromatic rings. The summed E-state index contributed by atoms with van der Waals surface area (Å²) in [7, 11) is 0. The van der Waals surface area contributed by atoms with E-state index in [1.807, 2.05) is 30.3 Å². The van der Waals surface area contributed by atoms with Crippen molar-refractivity contribution >= 4 is 50.0 Å². The molecule has 0 saturated carbocycles. The van der Waals surface area contributed by atoms with Gasteiger partial charge in [-0.05, 0) is 21.5 Å². The summed E-state index contributed by atoms with van der Waals surface area (Å²) in [5, 5.41) is 10.7. The summed E-state index contributed by atoms with van der Waals surface area (Å²) in [6.07, 6.45) is 0. The van der Waals surface area contributed by atoms with Crippen molar-refractivity contribution in [2.45, 2.75) is 27.7 Å². The zero-order valence-electron chi connectivity index (χ0n) is 30.6. The van der Waals surface area contributed by atoms with E-state index in [1.54, 1.807) is 0 Å². The van der Waals surface area contributed by atoms with Crippen LogP contribution in [-0.4, -0.2) is 6.88 Å². The molecule has 0 atom stereocenters. The molecule has 0 bridgehead atoms. The quantitative estimate of drug-likeness (QED) is 0.126. The van der Waals surface area contributed by atoms with Gasteiger partial charge in [-0.2, -0.15) is 24.6 Å². The first kappa shape index (κ1) is 41.6. The Bertz CT molecular complexity index is 2410. The molecule has 0 fully saturated rings. The van der Waals surface area contributed by atoms with E-state index in [2.05, 4.69) is 175 Å². The first-order chi connectivity index (χ1) is 24.9. The Kier molecular flexibility index (Phi) is 15.1. The molecule has 0 saturated heterocycles. The van der Waals surface area contributed by atoms with E-state index >= 15 is 0 Å². The summed E-state index contributed by atoms with van der Waals surface area (Å²) in [6.45, 7) is 15.6. The molecule has 262 valence electrons. The van der Waals surface area contributed by atoms with Gasteiger partial charge in [0.15, 0.2) is 0 Å². The van der Waals surface area contributed by atoms with E-state index in [-0.39, 0.29) is 24.8 Å². The van der Waals surface area contributed by atoms with Crippen LogP contribution in [0, 0.1) is 34.6 Å². The van der Waals surface area contributed by atoms with E-state index in [1.165, 1.54) is 111 Å². The van der Waals surface area contributed by atoms with Crippen LogP contribution in [0.3, 0.4) is 0 Å². The second kappa shape index (κ2) is 19.2. The maximum absolute atomic E-state index is 3.72. The Hall–Kier alpha value is -4.17. The van der Waals surface area contributed by atoms with E-state index in [9.17, 15) is 0 Å². The minimum atomic E-state index is 0. The third kappa shape index (κ3) is 8.97. The molecular formula is C49H41Cl2SiZr-3. The van der Waals surface area contributed by atoms with Crippen LogP contribution in [0.5, 0.6) is 0 Å². The standard InChI is InChI=1S/2C21H17.C7H7.2ClH.Si.Zr/c2*1-14-7-5-11-19-20(14)13-15(2)21(19)18-12-6-9-16-8-3-4-10-17(16)18;1-7-5-3-2-4-6-7;;;;/h2*3-13H,1-2H3;2-6H,1H2;2*1H;;/q3*-1;;;;+2/p-2. The van der Waals surface area contributed by atoms with Crippen LogP contribution >= 0.6 is 0 Å². The van der Waals surface area contributed by atoms with Crippen molar-refractivity contribution in [3.63, 3.8) is 0 Å². The average Bonchev–Trinajstić information content (AvgIpc) is 3.69. The third-order valence-corrected chi connectivity index (χ3v) is 9.66. The summed E-state index contributed by atoms with van der Waals surface area (Å²) in [4.78, 5) is 0. The first-order valence-corrected chi connectivity index (χ1v) is 21.5. The monoisotopic (exact) mass is 817 g/mol. The Morgan fingerprint density at radius 3 is 1.15 bits per heavy atom. The summed E-state index contributed by atoms with van der Waals surface area (Å²) in [5.41, 5.74) is 11.9. The van der Waals surface area contributed by atoms with Crippen molar-refractivity contribution in [1.29, 1.82) is 0 Å². The Morgan fingerprint density at radius 2 is 0.755 bits per heavy atom. The fourth-order valence-corrected chi connectivity index (χ4v) is 7.26. The Morgan fingerprint density at radius 1 is 0.415 bits per heavy atom. The van der Waals surface area contributed by atoms with Gasteiger partial charge in [0.25, 0.3) is 0 Å². The molecule has 9 rings (SSSR count). The van der Waals surface area contributed by atoms with Gasteiger partial charge in [-0.15, -0.1) is 103 Å². The van der Waals surface area contributed by atoms with Gasteiger partial charge < -0.3 is 24.8 Å².